The summed E-state index contributed by atoms with van der Waals surface area (Å²) in [6.45, 7) is 0. The molecule has 9 aromatic rings. The van der Waals surface area contributed by atoms with Crippen LogP contribution in [-0.2, 0) is 0 Å². The maximum Gasteiger partial charge on any atom is 0.0992 e. The monoisotopic (exact) mass is 610 g/mol. The summed E-state index contributed by atoms with van der Waals surface area (Å²) in [4.78, 5) is 0. The lowest BCUT2D eigenvalue weighted by Gasteiger charge is -2.15. The first-order valence-corrected chi connectivity index (χ1v) is 15.9. The van der Waals surface area contributed by atoms with Crippen molar-refractivity contribution in [3.05, 3.63) is 169 Å². The SMILES string of the molecule is N#Cc1cc(-c2ccc(-c3ccccc3-n3c4ccccc4c4ccccc43)cc2)cc(-n2c3ccccc3c3ccc(C#N)cc32)c1. The van der Waals surface area contributed by atoms with E-state index in [0.717, 1.165) is 55.4 Å². The molecule has 0 aliphatic carbocycles. The molecule has 0 aliphatic rings. The molecule has 4 nitrogen and oxygen atoms in total. The van der Waals surface area contributed by atoms with Crippen molar-refractivity contribution in [3.63, 3.8) is 0 Å². The highest BCUT2D eigenvalue weighted by Gasteiger charge is 2.17. The molecule has 0 fully saturated rings. The number of para-hydroxylation sites is 4. The van der Waals surface area contributed by atoms with E-state index in [4.69, 9.17) is 0 Å². The Balaban J connectivity index is 1.18. The molecule has 4 heteroatoms. The lowest BCUT2D eigenvalue weighted by molar-refractivity contribution is 1.18. The Morgan fingerprint density at radius 2 is 0.917 bits per heavy atom. The number of fused-ring (bicyclic) bond motifs is 6. The van der Waals surface area contributed by atoms with Crippen molar-refractivity contribution in [1.29, 1.82) is 10.5 Å². The van der Waals surface area contributed by atoms with E-state index in [1.54, 1.807) is 0 Å². The van der Waals surface area contributed by atoms with Gasteiger partial charge >= 0.3 is 0 Å². The Morgan fingerprint density at radius 1 is 0.375 bits per heavy atom. The minimum absolute atomic E-state index is 0.575. The van der Waals surface area contributed by atoms with Crippen LogP contribution in [0.25, 0.3) is 77.2 Å². The summed E-state index contributed by atoms with van der Waals surface area (Å²) in [6, 6.07) is 59.0. The minimum atomic E-state index is 0.575. The molecule has 2 aromatic heterocycles. The zero-order chi connectivity index (χ0) is 32.2. The van der Waals surface area contributed by atoms with Gasteiger partial charge in [-0.25, -0.2) is 0 Å². The highest BCUT2D eigenvalue weighted by atomic mass is 15.0. The predicted octanol–water partition coefficient (Wildman–Crippen LogP) is 11.0. The van der Waals surface area contributed by atoms with E-state index >= 15 is 0 Å². The zero-order valence-corrected chi connectivity index (χ0v) is 25.8. The summed E-state index contributed by atoms with van der Waals surface area (Å²) in [7, 11) is 0. The van der Waals surface area contributed by atoms with Gasteiger partial charge in [0.1, 0.15) is 0 Å². The normalized spacial score (nSPS) is 11.3. The van der Waals surface area contributed by atoms with Crippen molar-refractivity contribution in [2.75, 3.05) is 0 Å². The summed E-state index contributed by atoms with van der Waals surface area (Å²) in [5.74, 6) is 0. The molecular weight excluding hydrogens is 585 g/mol. The first-order chi connectivity index (χ1) is 23.7. The third-order valence-electron chi connectivity index (χ3n) is 9.36. The molecule has 9 rings (SSSR count). The summed E-state index contributed by atoms with van der Waals surface area (Å²) in [5.41, 5.74) is 11.7. The molecule has 0 saturated heterocycles. The fourth-order valence-electron chi connectivity index (χ4n) is 7.23. The van der Waals surface area contributed by atoms with Crippen LogP contribution < -0.4 is 0 Å². The standard InChI is InChI=1S/C44H26N4/c45-27-29-17-22-39-38-12-2-6-14-41(38)47(44(39)25-29)34-24-30(28-46)23-33(26-34)31-18-20-32(21-19-31)35-9-1-5-13-40(35)48-42-15-7-3-10-36(42)37-11-4-8-16-43(37)48/h1-26H. The molecule has 222 valence electrons. The maximum atomic E-state index is 10.1. The van der Waals surface area contributed by atoms with Crippen LogP contribution in [0.5, 0.6) is 0 Å². The molecular formula is C44H26N4. The van der Waals surface area contributed by atoms with Gasteiger partial charge in [-0.05, 0) is 71.3 Å². The molecule has 2 heterocycles. The highest BCUT2D eigenvalue weighted by Crippen LogP contribution is 2.38. The van der Waals surface area contributed by atoms with Gasteiger partial charge in [-0.15, -0.1) is 0 Å². The molecule has 0 N–H and O–H groups in total. The predicted molar refractivity (Wildman–Crippen MR) is 195 cm³/mol. The molecule has 0 aliphatic heterocycles. The molecule has 0 spiro atoms. The van der Waals surface area contributed by atoms with Crippen LogP contribution in [0.15, 0.2) is 158 Å². The number of rotatable bonds is 4. The Kier molecular flexibility index (Phi) is 6.22. The van der Waals surface area contributed by atoms with E-state index in [2.05, 4.69) is 137 Å². The van der Waals surface area contributed by atoms with Crippen LogP contribution in [-0.4, -0.2) is 9.13 Å². The molecule has 0 bridgehead atoms. The topological polar surface area (TPSA) is 57.4 Å². The fourth-order valence-corrected chi connectivity index (χ4v) is 7.23. The molecule has 0 amide bonds. The third kappa shape index (κ3) is 4.22. The zero-order valence-electron chi connectivity index (χ0n) is 25.8. The summed E-state index contributed by atoms with van der Waals surface area (Å²) < 4.78 is 4.52. The van der Waals surface area contributed by atoms with Crippen LogP contribution in [0.3, 0.4) is 0 Å². The van der Waals surface area contributed by atoms with E-state index < -0.39 is 0 Å². The number of benzene rings is 7. The molecule has 0 atom stereocenters. The van der Waals surface area contributed by atoms with Crippen LogP contribution in [0.2, 0.25) is 0 Å². The second kappa shape index (κ2) is 10.9. The lowest BCUT2D eigenvalue weighted by atomic mass is 9.97. The van der Waals surface area contributed by atoms with Gasteiger partial charge in [0.05, 0.1) is 51.0 Å². The van der Waals surface area contributed by atoms with Crippen molar-refractivity contribution in [3.8, 4) is 45.8 Å². The first kappa shape index (κ1) is 27.4. The number of aromatic nitrogens is 2. The van der Waals surface area contributed by atoms with Gasteiger partial charge < -0.3 is 9.13 Å². The molecule has 0 radical (unpaired) electrons. The van der Waals surface area contributed by atoms with Gasteiger partial charge in [-0.1, -0.05) is 103 Å². The summed E-state index contributed by atoms with van der Waals surface area (Å²) >= 11 is 0. The average molecular weight is 611 g/mol. The van der Waals surface area contributed by atoms with Crippen LogP contribution in [0.4, 0.5) is 0 Å². The third-order valence-corrected chi connectivity index (χ3v) is 9.36. The smallest absolute Gasteiger partial charge is 0.0992 e. The van der Waals surface area contributed by atoms with E-state index in [9.17, 15) is 10.5 Å². The van der Waals surface area contributed by atoms with Crippen molar-refractivity contribution in [1.82, 2.24) is 9.13 Å². The van der Waals surface area contributed by atoms with Crippen LogP contribution in [0.1, 0.15) is 11.1 Å². The second-order valence-electron chi connectivity index (χ2n) is 12.0. The van der Waals surface area contributed by atoms with Gasteiger partial charge in [0.25, 0.3) is 0 Å². The number of nitrogens with zero attached hydrogens (tertiary/aromatic N) is 4. The molecule has 48 heavy (non-hydrogen) atoms. The van der Waals surface area contributed by atoms with Crippen LogP contribution in [0, 0.1) is 22.7 Å². The molecule has 0 saturated carbocycles. The van der Waals surface area contributed by atoms with Crippen molar-refractivity contribution in [2.45, 2.75) is 0 Å². The van der Waals surface area contributed by atoms with Gasteiger partial charge in [0.2, 0.25) is 0 Å². The minimum Gasteiger partial charge on any atom is -0.309 e. The Hall–Kier alpha value is -6.88. The van der Waals surface area contributed by atoms with Crippen molar-refractivity contribution in [2.24, 2.45) is 0 Å². The summed E-state index contributed by atoms with van der Waals surface area (Å²) in [5, 5.41) is 24.4. The lowest BCUT2D eigenvalue weighted by Crippen LogP contribution is -1.97. The van der Waals surface area contributed by atoms with E-state index in [-0.39, 0.29) is 0 Å². The van der Waals surface area contributed by atoms with Crippen molar-refractivity contribution < 1.29 is 0 Å². The van der Waals surface area contributed by atoms with E-state index in [1.165, 1.54) is 21.8 Å². The molecule has 0 unspecified atom stereocenters. The second-order valence-corrected chi connectivity index (χ2v) is 12.0. The van der Waals surface area contributed by atoms with E-state index in [1.807, 2.05) is 42.5 Å². The Bertz CT molecular complexity index is 2750. The van der Waals surface area contributed by atoms with Gasteiger partial charge in [-0.3, -0.25) is 0 Å². The maximum absolute atomic E-state index is 10.1. The van der Waals surface area contributed by atoms with E-state index in [0.29, 0.717) is 11.1 Å². The Morgan fingerprint density at radius 3 is 1.56 bits per heavy atom. The van der Waals surface area contributed by atoms with Gasteiger partial charge in [-0.2, -0.15) is 10.5 Å². The number of nitriles is 2. The quantitative estimate of drug-likeness (QED) is 0.199. The molecule has 7 aromatic carbocycles. The van der Waals surface area contributed by atoms with Gasteiger partial charge in [0.15, 0.2) is 0 Å². The fraction of sp³-hybridized carbons (Fsp3) is 0. The van der Waals surface area contributed by atoms with Crippen molar-refractivity contribution >= 4 is 43.6 Å². The summed E-state index contributed by atoms with van der Waals surface area (Å²) in [6.07, 6.45) is 0. The van der Waals surface area contributed by atoms with Crippen LogP contribution >= 0.6 is 0 Å². The average Bonchev–Trinajstić information content (AvgIpc) is 3.67. The Labute approximate surface area is 277 Å². The highest BCUT2D eigenvalue weighted by molar-refractivity contribution is 6.10. The van der Waals surface area contributed by atoms with Gasteiger partial charge in [0, 0.05) is 32.8 Å². The number of hydrogen-bond acceptors (Lipinski definition) is 2. The number of hydrogen-bond donors (Lipinski definition) is 0. The first-order valence-electron chi connectivity index (χ1n) is 15.9. The largest absolute Gasteiger partial charge is 0.309 e.